The van der Waals surface area contributed by atoms with Crippen molar-refractivity contribution >= 4 is 5.82 Å². The van der Waals surface area contributed by atoms with E-state index in [1.807, 2.05) is 13.8 Å². The molecule has 0 spiro atoms. The quantitative estimate of drug-likeness (QED) is 0.800. The van der Waals surface area contributed by atoms with Gasteiger partial charge in [0, 0.05) is 25.5 Å². The zero-order valence-electron chi connectivity index (χ0n) is 13.8. The summed E-state index contributed by atoms with van der Waals surface area (Å²) in [5.74, 6) is 1.88. The average molecular weight is 308 g/mol. The van der Waals surface area contributed by atoms with E-state index in [0.717, 1.165) is 19.0 Å². The Hall–Kier alpha value is -1.40. The van der Waals surface area contributed by atoms with Crippen LogP contribution in [0.2, 0.25) is 0 Å². The summed E-state index contributed by atoms with van der Waals surface area (Å²) in [4.78, 5) is 10.7. The summed E-state index contributed by atoms with van der Waals surface area (Å²) in [7, 11) is 0. The van der Waals surface area contributed by atoms with Gasteiger partial charge in [-0.15, -0.1) is 0 Å². The molecule has 6 nitrogen and oxygen atoms in total. The highest BCUT2D eigenvalue weighted by molar-refractivity contribution is 5.44. The lowest BCUT2D eigenvalue weighted by Gasteiger charge is -2.31. The lowest BCUT2D eigenvalue weighted by atomic mass is 9.99. The number of anilines is 1. The first kappa shape index (κ1) is 17.0. The van der Waals surface area contributed by atoms with Gasteiger partial charge in [0.2, 0.25) is 0 Å². The second-order valence-corrected chi connectivity index (χ2v) is 6.39. The highest BCUT2D eigenvalue weighted by Crippen LogP contribution is 2.19. The summed E-state index contributed by atoms with van der Waals surface area (Å²) in [6.07, 6.45) is 5.27. The van der Waals surface area contributed by atoms with Crippen LogP contribution in [0.15, 0.2) is 12.4 Å². The third kappa shape index (κ3) is 5.42. The van der Waals surface area contributed by atoms with Crippen molar-refractivity contribution in [2.45, 2.75) is 45.8 Å². The van der Waals surface area contributed by atoms with Gasteiger partial charge in [-0.1, -0.05) is 6.92 Å². The summed E-state index contributed by atoms with van der Waals surface area (Å²) in [6.45, 7) is 9.48. The average Bonchev–Trinajstić information content (AvgIpc) is 2.48. The van der Waals surface area contributed by atoms with Gasteiger partial charge in [0.05, 0.1) is 12.2 Å². The van der Waals surface area contributed by atoms with Crippen LogP contribution in [0.1, 0.15) is 33.6 Å². The lowest BCUT2D eigenvalue weighted by Crippen LogP contribution is -2.40. The van der Waals surface area contributed by atoms with Crippen LogP contribution in [0.3, 0.4) is 0 Å². The van der Waals surface area contributed by atoms with Crippen molar-refractivity contribution in [3.05, 3.63) is 12.4 Å². The Balaban J connectivity index is 1.79. The predicted molar refractivity (Wildman–Crippen MR) is 87.1 cm³/mol. The number of rotatable bonds is 7. The first-order valence-corrected chi connectivity index (χ1v) is 8.16. The topological polar surface area (TPSA) is 70.5 Å². The normalized spacial score (nSPS) is 18.4. The summed E-state index contributed by atoms with van der Waals surface area (Å²) < 4.78 is 5.61. The van der Waals surface area contributed by atoms with Crippen molar-refractivity contribution in [3.8, 4) is 5.88 Å². The molecule has 1 fully saturated rings. The van der Waals surface area contributed by atoms with Gasteiger partial charge in [-0.2, -0.15) is 0 Å². The van der Waals surface area contributed by atoms with E-state index in [2.05, 4.69) is 27.1 Å². The van der Waals surface area contributed by atoms with Crippen molar-refractivity contribution < 1.29 is 9.84 Å². The molecule has 6 heteroatoms. The van der Waals surface area contributed by atoms with E-state index in [1.54, 1.807) is 12.4 Å². The molecule has 1 unspecified atom stereocenters. The van der Waals surface area contributed by atoms with Gasteiger partial charge in [-0.3, -0.25) is 0 Å². The molecule has 1 aliphatic rings. The Labute approximate surface area is 132 Å². The predicted octanol–water partition coefficient (Wildman–Crippen LogP) is 1.77. The fraction of sp³-hybridized carbons (Fsp3) is 0.750. The van der Waals surface area contributed by atoms with Crippen molar-refractivity contribution in [1.29, 1.82) is 0 Å². The molecule has 124 valence electrons. The van der Waals surface area contributed by atoms with Crippen molar-refractivity contribution in [2.75, 3.05) is 31.5 Å². The van der Waals surface area contributed by atoms with Crippen LogP contribution in [0.4, 0.5) is 5.82 Å². The summed E-state index contributed by atoms with van der Waals surface area (Å²) in [6, 6.07) is 0. The maximum absolute atomic E-state index is 10.2. The number of ether oxygens (including phenoxy) is 1. The summed E-state index contributed by atoms with van der Waals surface area (Å²) >= 11 is 0. The van der Waals surface area contributed by atoms with Gasteiger partial charge in [0.15, 0.2) is 5.82 Å². The molecule has 0 radical (unpaired) electrons. The zero-order valence-corrected chi connectivity index (χ0v) is 13.8. The van der Waals surface area contributed by atoms with Crippen LogP contribution in [0.25, 0.3) is 0 Å². The Morgan fingerprint density at radius 2 is 2.00 bits per heavy atom. The number of aromatic nitrogens is 2. The van der Waals surface area contributed by atoms with Crippen molar-refractivity contribution in [3.63, 3.8) is 0 Å². The molecule has 1 aromatic rings. The molecule has 2 heterocycles. The van der Waals surface area contributed by atoms with E-state index in [-0.39, 0.29) is 6.10 Å². The number of β-amino-alcohol motifs (C(OH)–C–C–N with tert-alkyl or cyclic N) is 1. The van der Waals surface area contributed by atoms with E-state index < -0.39 is 6.10 Å². The molecule has 1 atom stereocenters. The SMILES string of the molecule is CC1CCN(CC(O)CNc2nccnc2OC(C)C)CC1. The van der Waals surface area contributed by atoms with Crippen molar-refractivity contribution in [1.82, 2.24) is 14.9 Å². The van der Waals surface area contributed by atoms with Gasteiger partial charge in [0.25, 0.3) is 5.88 Å². The number of aliphatic hydroxyl groups excluding tert-OH is 1. The molecular formula is C16H28N4O2. The van der Waals surface area contributed by atoms with Gasteiger partial charge in [-0.05, 0) is 45.7 Å². The number of piperidine rings is 1. The van der Waals surface area contributed by atoms with Gasteiger partial charge in [-0.25, -0.2) is 9.97 Å². The molecule has 1 saturated heterocycles. The molecule has 2 rings (SSSR count). The molecule has 0 aliphatic carbocycles. The van der Waals surface area contributed by atoms with Gasteiger partial charge in [0.1, 0.15) is 0 Å². The largest absolute Gasteiger partial charge is 0.472 e. The molecule has 2 N–H and O–H groups in total. The molecule has 1 aromatic heterocycles. The summed E-state index contributed by atoms with van der Waals surface area (Å²) in [5.41, 5.74) is 0. The lowest BCUT2D eigenvalue weighted by molar-refractivity contribution is 0.0989. The summed E-state index contributed by atoms with van der Waals surface area (Å²) in [5, 5.41) is 13.3. The Kier molecular flexibility index (Phi) is 6.39. The molecule has 22 heavy (non-hydrogen) atoms. The first-order valence-electron chi connectivity index (χ1n) is 8.16. The fourth-order valence-electron chi connectivity index (χ4n) is 2.58. The number of nitrogens with zero attached hydrogens (tertiary/aromatic N) is 3. The zero-order chi connectivity index (χ0) is 15.9. The Morgan fingerprint density at radius 3 is 2.68 bits per heavy atom. The highest BCUT2D eigenvalue weighted by Gasteiger charge is 2.18. The van der Waals surface area contributed by atoms with E-state index >= 15 is 0 Å². The second-order valence-electron chi connectivity index (χ2n) is 6.39. The maximum atomic E-state index is 10.2. The second kappa shape index (κ2) is 8.29. The van der Waals surface area contributed by atoms with E-state index in [0.29, 0.717) is 24.8 Å². The van der Waals surface area contributed by atoms with E-state index in [9.17, 15) is 5.11 Å². The van der Waals surface area contributed by atoms with Crippen LogP contribution in [-0.4, -0.2) is 58.4 Å². The molecule has 0 saturated carbocycles. The van der Waals surface area contributed by atoms with Gasteiger partial charge < -0.3 is 20.1 Å². The number of aliphatic hydroxyl groups is 1. The Bertz CT molecular complexity index is 448. The monoisotopic (exact) mass is 308 g/mol. The first-order chi connectivity index (χ1) is 10.5. The minimum Gasteiger partial charge on any atom is -0.472 e. The molecule has 0 bridgehead atoms. The van der Waals surface area contributed by atoms with Crippen LogP contribution >= 0.6 is 0 Å². The Morgan fingerprint density at radius 1 is 1.32 bits per heavy atom. The number of hydrogen-bond donors (Lipinski definition) is 2. The van der Waals surface area contributed by atoms with Crippen LogP contribution in [0, 0.1) is 5.92 Å². The maximum Gasteiger partial charge on any atom is 0.257 e. The number of hydrogen-bond acceptors (Lipinski definition) is 6. The molecule has 1 aliphatic heterocycles. The van der Waals surface area contributed by atoms with E-state index in [4.69, 9.17) is 4.74 Å². The van der Waals surface area contributed by atoms with Crippen LogP contribution in [-0.2, 0) is 0 Å². The van der Waals surface area contributed by atoms with E-state index in [1.165, 1.54) is 12.8 Å². The number of nitrogens with one attached hydrogen (secondary N) is 1. The highest BCUT2D eigenvalue weighted by atomic mass is 16.5. The molecule has 0 aromatic carbocycles. The van der Waals surface area contributed by atoms with Crippen molar-refractivity contribution in [2.24, 2.45) is 5.92 Å². The van der Waals surface area contributed by atoms with Crippen LogP contribution in [0.5, 0.6) is 5.88 Å². The van der Waals surface area contributed by atoms with Gasteiger partial charge >= 0.3 is 0 Å². The molecular weight excluding hydrogens is 280 g/mol. The van der Waals surface area contributed by atoms with Crippen LogP contribution < -0.4 is 10.1 Å². The fourth-order valence-corrected chi connectivity index (χ4v) is 2.58. The smallest absolute Gasteiger partial charge is 0.257 e. The minimum absolute atomic E-state index is 0.0394. The molecule has 0 amide bonds. The third-order valence-corrected chi connectivity index (χ3v) is 3.86. The standard InChI is InChI=1S/C16H28N4O2/c1-12(2)22-16-15(17-6-7-18-16)19-10-14(21)11-20-8-4-13(3)5-9-20/h6-7,12-14,21H,4-5,8-11H2,1-3H3,(H,17,19). The third-order valence-electron chi connectivity index (χ3n) is 3.86. The number of likely N-dealkylation sites (tertiary alicyclic amines) is 1. The minimum atomic E-state index is -0.428.